The van der Waals surface area contributed by atoms with Gasteiger partial charge in [-0.05, 0) is 34.1 Å². The molecule has 0 bridgehead atoms. The van der Waals surface area contributed by atoms with Gasteiger partial charge in [-0.3, -0.25) is 0 Å². The van der Waals surface area contributed by atoms with Crippen molar-refractivity contribution in [3.63, 3.8) is 0 Å². The largest absolute Gasteiger partial charge is 0.450 e. The molecule has 2 aromatic rings. The van der Waals surface area contributed by atoms with E-state index in [4.69, 9.17) is 10.5 Å². The molecule has 94 valence electrons. The summed E-state index contributed by atoms with van der Waals surface area (Å²) in [4.78, 5) is 0. The van der Waals surface area contributed by atoms with E-state index in [0.29, 0.717) is 0 Å². The van der Waals surface area contributed by atoms with Crippen molar-refractivity contribution in [2.45, 2.75) is 0 Å². The number of anilines is 1. The number of halogens is 4. The average Bonchev–Trinajstić information content (AvgIpc) is 2.25. The van der Waals surface area contributed by atoms with E-state index in [-0.39, 0.29) is 15.9 Å². The first-order valence-electron chi connectivity index (χ1n) is 4.85. The van der Waals surface area contributed by atoms with Gasteiger partial charge in [0, 0.05) is 17.8 Å². The summed E-state index contributed by atoms with van der Waals surface area (Å²) >= 11 is 3.03. The van der Waals surface area contributed by atoms with Crippen molar-refractivity contribution in [1.82, 2.24) is 0 Å². The van der Waals surface area contributed by atoms with E-state index >= 15 is 0 Å². The zero-order valence-electron chi connectivity index (χ0n) is 8.88. The van der Waals surface area contributed by atoms with Crippen molar-refractivity contribution >= 4 is 21.6 Å². The monoisotopic (exact) mass is 317 g/mol. The molecule has 0 fully saturated rings. The van der Waals surface area contributed by atoms with Crippen LogP contribution in [0.4, 0.5) is 18.9 Å². The van der Waals surface area contributed by atoms with Crippen molar-refractivity contribution in [2.24, 2.45) is 0 Å². The Hall–Kier alpha value is -1.69. The second-order valence-corrected chi connectivity index (χ2v) is 4.34. The minimum atomic E-state index is -0.927. The lowest BCUT2D eigenvalue weighted by atomic mass is 10.2. The van der Waals surface area contributed by atoms with Gasteiger partial charge in [-0.2, -0.15) is 0 Å². The highest BCUT2D eigenvalue weighted by atomic mass is 79.9. The van der Waals surface area contributed by atoms with Gasteiger partial charge in [0.25, 0.3) is 0 Å². The van der Waals surface area contributed by atoms with Crippen LogP contribution in [0.15, 0.2) is 34.8 Å². The number of hydrogen-bond acceptors (Lipinski definition) is 2. The van der Waals surface area contributed by atoms with E-state index < -0.39 is 23.2 Å². The van der Waals surface area contributed by atoms with E-state index in [0.717, 1.165) is 24.3 Å². The molecule has 0 saturated carbocycles. The molecule has 0 aliphatic heterocycles. The predicted octanol–water partition coefficient (Wildman–Crippen LogP) is 4.24. The lowest BCUT2D eigenvalue weighted by Gasteiger charge is -2.10. The molecule has 0 aliphatic rings. The maximum Gasteiger partial charge on any atom is 0.198 e. The van der Waals surface area contributed by atoms with Gasteiger partial charge < -0.3 is 10.5 Å². The quantitative estimate of drug-likeness (QED) is 0.841. The van der Waals surface area contributed by atoms with Crippen molar-refractivity contribution in [1.29, 1.82) is 0 Å². The fourth-order valence-corrected chi connectivity index (χ4v) is 1.78. The van der Waals surface area contributed by atoms with Gasteiger partial charge >= 0.3 is 0 Å². The lowest BCUT2D eigenvalue weighted by molar-refractivity contribution is 0.405. The normalized spacial score (nSPS) is 10.4. The van der Waals surface area contributed by atoms with Crippen LogP contribution < -0.4 is 10.5 Å². The summed E-state index contributed by atoms with van der Waals surface area (Å²) in [6.45, 7) is 0. The molecule has 2 rings (SSSR count). The molecule has 0 radical (unpaired) electrons. The number of hydrogen-bond donors (Lipinski definition) is 1. The molecule has 0 saturated heterocycles. The maximum atomic E-state index is 13.5. The van der Waals surface area contributed by atoms with Crippen LogP contribution >= 0.6 is 15.9 Å². The second kappa shape index (κ2) is 4.89. The number of nitrogens with two attached hydrogens (primary N) is 1. The zero-order valence-corrected chi connectivity index (χ0v) is 10.5. The van der Waals surface area contributed by atoms with Gasteiger partial charge in [0.2, 0.25) is 0 Å². The van der Waals surface area contributed by atoms with E-state index in [1.54, 1.807) is 0 Å². The highest BCUT2D eigenvalue weighted by Gasteiger charge is 2.14. The molecule has 0 aliphatic carbocycles. The molecular weight excluding hydrogens is 311 g/mol. The third-order valence-electron chi connectivity index (χ3n) is 2.13. The van der Waals surface area contributed by atoms with E-state index in [1.165, 1.54) is 6.07 Å². The van der Waals surface area contributed by atoms with E-state index in [2.05, 4.69) is 15.9 Å². The minimum Gasteiger partial charge on any atom is -0.450 e. The van der Waals surface area contributed by atoms with Crippen LogP contribution in [0.2, 0.25) is 0 Å². The topological polar surface area (TPSA) is 35.2 Å². The fraction of sp³-hybridized carbons (Fsp3) is 0. The molecule has 0 spiro atoms. The van der Waals surface area contributed by atoms with Crippen LogP contribution in [0.3, 0.4) is 0 Å². The number of benzene rings is 2. The Bertz CT molecular complexity index is 581. The van der Waals surface area contributed by atoms with E-state index in [1.807, 2.05) is 0 Å². The lowest BCUT2D eigenvalue weighted by Crippen LogP contribution is -1.96. The summed E-state index contributed by atoms with van der Waals surface area (Å²) in [5, 5.41) is 0. The first-order chi connectivity index (χ1) is 8.47. The maximum absolute atomic E-state index is 13.5. The fourth-order valence-electron chi connectivity index (χ4n) is 1.34. The van der Waals surface area contributed by atoms with Gasteiger partial charge in [-0.15, -0.1) is 0 Å². The smallest absolute Gasteiger partial charge is 0.198 e. The Morgan fingerprint density at radius 2 is 1.61 bits per heavy atom. The third kappa shape index (κ3) is 2.59. The van der Waals surface area contributed by atoms with Crippen LogP contribution in [0.1, 0.15) is 0 Å². The van der Waals surface area contributed by atoms with Crippen LogP contribution in [0.5, 0.6) is 11.5 Å². The molecule has 0 heterocycles. The van der Waals surface area contributed by atoms with Gasteiger partial charge in [-0.25, -0.2) is 13.2 Å². The highest BCUT2D eigenvalue weighted by molar-refractivity contribution is 9.10. The Morgan fingerprint density at radius 3 is 2.17 bits per heavy atom. The number of rotatable bonds is 2. The summed E-state index contributed by atoms with van der Waals surface area (Å²) in [6, 6.07) is 5.38. The first kappa shape index (κ1) is 12.8. The van der Waals surface area contributed by atoms with Crippen LogP contribution in [0, 0.1) is 17.5 Å². The summed E-state index contributed by atoms with van der Waals surface area (Å²) in [7, 11) is 0. The summed E-state index contributed by atoms with van der Waals surface area (Å²) in [6.07, 6.45) is 0. The molecule has 2 nitrogen and oxygen atoms in total. The molecule has 2 aromatic carbocycles. The average molecular weight is 318 g/mol. The van der Waals surface area contributed by atoms with Crippen molar-refractivity contribution in [3.05, 3.63) is 52.3 Å². The predicted molar refractivity (Wildman–Crippen MR) is 64.9 cm³/mol. The standard InChI is InChI=1S/C12H7BrF3NO/c13-8-3-6(14)1-2-11(8)18-12-9(15)4-7(17)5-10(12)16/h1-5H,17H2. The van der Waals surface area contributed by atoms with Gasteiger partial charge in [0.05, 0.1) is 4.47 Å². The molecule has 0 amide bonds. The van der Waals surface area contributed by atoms with Crippen LogP contribution in [-0.4, -0.2) is 0 Å². The highest BCUT2D eigenvalue weighted by Crippen LogP contribution is 2.33. The number of nitrogen functional groups attached to an aromatic ring is 1. The molecule has 0 atom stereocenters. The van der Waals surface area contributed by atoms with Crippen molar-refractivity contribution in [3.8, 4) is 11.5 Å². The Balaban J connectivity index is 2.40. The second-order valence-electron chi connectivity index (χ2n) is 3.49. The summed E-state index contributed by atoms with van der Waals surface area (Å²) < 4.78 is 45.1. The molecule has 2 N–H and O–H groups in total. The zero-order chi connectivity index (χ0) is 13.3. The molecular formula is C12H7BrF3NO. The summed E-state index contributed by atoms with van der Waals surface area (Å²) in [5.74, 6) is -2.84. The number of ether oxygens (including phenoxy) is 1. The molecule has 0 aromatic heterocycles. The van der Waals surface area contributed by atoms with Gasteiger partial charge in [0.15, 0.2) is 17.4 Å². The third-order valence-corrected chi connectivity index (χ3v) is 2.75. The first-order valence-corrected chi connectivity index (χ1v) is 5.64. The minimum absolute atomic E-state index is 0.0458. The van der Waals surface area contributed by atoms with E-state index in [9.17, 15) is 13.2 Å². The molecule has 0 unspecified atom stereocenters. The molecule has 18 heavy (non-hydrogen) atoms. The Morgan fingerprint density at radius 1 is 1.00 bits per heavy atom. The van der Waals surface area contributed by atoms with Gasteiger partial charge in [-0.1, -0.05) is 0 Å². The van der Waals surface area contributed by atoms with Crippen molar-refractivity contribution < 1.29 is 17.9 Å². The molecule has 6 heteroatoms. The van der Waals surface area contributed by atoms with Crippen LogP contribution in [-0.2, 0) is 0 Å². The SMILES string of the molecule is Nc1cc(F)c(Oc2ccc(F)cc2Br)c(F)c1. The van der Waals surface area contributed by atoms with Crippen LogP contribution in [0.25, 0.3) is 0 Å². The Labute approximate surface area is 109 Å². The Kier molecular flexibility index (Phi) is 3.47. The van der Waals surface area contributed by atoms with Gasteiger partial charge in [0.1, 0.15) is 11.6 Å². The van der Waals surface area contributed by atoms with Crippen molar-refractivity contribution in [2.75, 3.05) is 5.73 Å². The summed E-state index contributed by atoms with van der Waals surface area (Å²) in [5.41, 5.74) is 5.23.